The van der Waals surface area contributed by atoms with Gasteiger partial charge in [0.05, 0.1) is 0 Å². The van der Waals surface area contributed by atoms with Crippen molar-refractivity contribution < 1.29 is 14.4 Å². The molecule has 2 aromatic rings. The van der Waals surface area contributed by atoms with Crippen LogP contribution in [0.5, 0.6) is 0 Å². The highest BCUT2D eigenvalue weighted by Gasteiger charge is 2.30. The van der Waals surface area contributed by atoms with Crippen molar-refractivity contribution in [1.82, 2.24) is 10.1 Å². The van der Waals surface area contributed by atoms with E-state index in [0.717, 1.165) is 37.7 Å². The maximum Gasteiger partial charge on any atom is 0.343 e. The molecule has 6 heteroatoms. The molecular weight excluding hydrogens is 318 g/mol. The number of nitrogens with zero attached hydrogens (tertiary/aromatic N) is 3. The molecule has 1 N–H and O–H groups in total. The van der Waals surface area contributed by atoms with Gasteiger partial charge in [0.1, 0.15) is 0 Å². The molecule has 4 rings (SSSR count). The van der Waals surface area contributed by atoms with Crippen LogP contribution in [0.3, 0.4) is 0 Å². The number of benzene rings is 1. The predicted molar refractivity (Wildman–Crippen MR) is 94.9 cm³/mol. The molecule has 0 bridgehead atoms. The Morgan fingerprint density at radius 3 is 2.48 bits per heavy atom. The van der Waals surface area contributed by atoms with Crippen LogP contribution < -0.4 is 4.90 Å². The van der Waals surface area contributed by atoms with E-state index in [0.29, 0.717) is 11.6 Å². The van der Waals surface area contributed by atoms with E-state index in [1.165, 1.54) is 25.8 Å². The first-order chi connectivity index (χ1) is 12.2. The van der Waals surface area contributed by atoms with Crippen molar-refractivity contribution in [2.45, 2.75) is 19.3 Å². The lowest BCUT2D eigenvalue weighted by Crippen LogP contribution is -2.48. The SMILES string of the molecule is O=C(O)c1c(N2CCN(CC3CCC3)CC2)noc1-c1ccccc1. The highest BCUT2D eigenvalue weighted by Crippen LogP contribution is 2.32. The van der Waals surface area contributed by atoms with E-state index in [-0.39, 0.29) is 5.56 Å². The van der Waals surface area contributed by atoms with Gasteiger partial charge < -0.3 is 14.5 Å². The highest BCUT2D eigenvalue weighted by atomic mass is 16.5. The first-order valence-electron chi connectivity index (χ1n) is 8.98. The van der Waals surface area contributed by atoms with Gasteiger partial charge in [-0.2, -0.15) is 0 Å². The average molecular weight is 341 g/mol. The van der Waals surface area contributed by atoms with Crippen LogP contribution in [0.1, 0.15) is 29.6 Å². The molecule has 1 aromatic heterocycles. The van der Waals surface area contributed by atoms with E-state index in [9.17, 15) is 9.90 Å². The van der Waals surface area contributed by atoms with E-state index in [1.807, 2.05) is 35.2 Å². The molecule has 132 valence electrons. The first kappa shape index (κ1) is 16.1. The molecule has 1 aliphatic carbocycles. The van der Waals surface area contributed by atoms with Crippen molar-refractivity contribution in [2.24, 2.45) is 5.92 Å². The van der Waals surface area contributed by atoms with Crippen LogP contribution in [0.25, 0.3) is 11.3 Å². The van der Waals surface area contributed by atoms with Gasteiger partial charge in [-0.3, -0.25) is 4.90 Å². The number of hydrogen-bond acceptors (Lipinski definition) is 5. The van der Waals surface area contributed by atoms with Crippen LogP contribution in [0.4, 0.5) is 5.82 Å². The number of hydrogen-bond donors (Lipinski definition) is 1. The summed E-state index contributed by atoms with van der Waals surface area (Å²) in [7, 11) is 0. The second-order valence-corrected chi connectivity index (χ2v) is 6.97. The Hall–Kier alpha value is -2.34. The Kier molecular flexibility index (Phi) is 4.44. The number of piperazine rings is 1. The minimum atomic E-state index is -0.994. The van der Waals surface area contributed by atoms with Gasteiger partial charge >= 0.3 is 5.97 Å². The van der Waals surface area contributed by atoms with Gasteiger partial charge in [-0.25, -0.2) is 4.79 Å². The fourth-order valence-corrected chi connectivity index (χ4v) is 3.66. The van der Waals surface area contributed by atoms with Crippen LogP contribution in [-0.4, -0.2) is 53.9 Å². The van der Waals surface area contributed by atoms with E-state index in [1.54, 1.807) is 0 Å². The lowest BCUT2D eigenvalue weighted by Gasteiger charge is -2.38. The zero-order valence-corrected chi connectivity index (χ0v) is 14.2. The van der Waals surface area contributed by atoms with Gasteiger partial charge in [0, 0.05) is 38.3 Å². The minimum absolute atomic E-state index is 0.165. The van der Waals surface area contributed by atoms with E-state index >= 15 is 0 Å². The average Bonchev–Trinajstić information content (AvgIpc) is 3.05. The van der Waals surface area contributed by atoms with Crippen molar-refractivity contribution >= 4 is 11.8 Å². The number of anilines is 1. The molecule has 0 unspecified atom stereocenters. The molecule has 25 heavy (non-hydrogen) atoms. The third kappa shape index (κ3) is 3.26. The maximum atomic E-state index is 11.8. The summed E-state index contributed by atoms with van der Waals surface area (Å²) in [6, 6.07) is 9.30. The number of rotatable bonds is 5. The topological polar surface area (TPSA) is 69.8 Å². The summed E-state index contributed by atoms with van der Waals surface area (Å²) in [6.07, 6.45) is 4.08. The molecule has 0 spiro atoms. The molecular formula is C19H23N3O3. The Morgan fingerprint density at radius 2 is 1.88 bits per heavy atom. The van der Waals surface area contributed by atoms with Gasteiger partial charge in [0.2, 0.25) is 0 Å². The molecule has 1 saturated carbocycles. The second-order valence-electron chi connectivity index (χ2n) is 6.97. The van der Waals surface area contributed by atoms with E-state index in [2.05, 4.69) is 10.1 Å². The fourth-order valence-electron chi connectivity index (χ4n) is 3.66. The fraction of sp³-hybridized carbons (Fsp3) is 0.474. The van der Waals surface area contributed by atoms with Gasteiger partial charge in [-0.05, 0) is 18.8 Å². The van der Waals surface area contributed by atoms with E-state index < -0.39 is 5.97 Å². The normalized spacial score (nSPS) is 19.0. The van der Waals surface area contributed by atoms with Crippen LogP contribution in [0.2, 0.25) is 0 Å². The standard InChI is InChI=1S/C19H23N3O3/c23-19(24)16-17(15-7-2-1-3-8-15)25-20-18(16)22-11-9-21(10-12-22)13-14-5-4-6-14/h1-3,7-8,14H,4-6,9-13H2,(H,23,24). The monoisotopic (exact) mass is 341 g/mol. The van der Waals surface area contributed by atoms with Crippen LogP contribution in [0, 0.1) is 5.92 Å². The summed E-state index contributed by atoms with van der Waals surface area (Å²) < 4.78 is 5.43. The zero-order valence-electron chi connectivity index (χ0n) is 14.2. The number of aromatic nitrogens is 1. The lowest BCUT2D eigenvalue weighted by atomic mass is 9.85. The van der Waals surface area contributed by atoms with Crippen molar-refractivity contribution in [2.75, 3.05) is 37.6 Å². The van der Waals surface area contributed by atoms with Crippen LogP contribution in [0.15, 0.2) is 34.9 Å². The summed E-state index contributed by atoms with van der Waals surface area (Å²) in [5.41, 5.74) is 0.904. The Bertz CT molecular complexity index is 732. The van der Waals surface area contributed by atoms with Crippen molar-refractivity contribution in [3.8, 4) is 11.3 Å². The van der Waals surface area contributed by atoms with Crippen molar-refractivity contribution in [3.63, 3.8) is 0 Å². The molecule has 1 aromatic carbocycles. The third-order valence-corrected chi connectivity index (χ3v) is 5.34. The van der Waals surface area contributed by atoms with E-state index in [4.69, 9.17) is 4.52 Å². The van der Waals surface area contributed by atoms with Crippen molar-refractivity contribution in [1.29, 1.82) is 0 Å². The Morgan fingerprint density at radius 1 is 1.16 bits per heavy atom. The predicted octanol–water partition coefficient (Wildman–Crippen LogP) is 2.96. The number of carbonyl (C=O) groups is 1. The molecule has 0 atom stereocenters. The summed E-state index contributed by atoms with van der Waals surface area (Å²) in [6.45, 7) is 4.64. The first-order valence-corrected chi connectivity index (χ1v) is 8.98. The summed E-state index contributed by atoms with van der Waals surface area (Å²) in [4.78, 5) is 16.4. The van der Waals surface area contributed by atoms with Gasteiger partial charge in [0.25, 0.3) is 0 Å². The number of aromatic carboxylic acids is 1. The van der Waals surface area contributed by atoms with Gasteiger partial charge in [-0.1, -0.05) is 41.9 Å². The largest absolute Gasteiger partial charge is 0.477 e. The third-order valence-electron chi connectivity index (χ3n) is 5.34. The molecule has 0 radical (unpaired) electrons. The summed E-state index contributed by atoms with van der Waals surface area (Å²) in [5.74, 6) is 0.652. The van der Waals surface area contributed by atoms with Gasteiger partial charge in [-0.15, -0.1) is 0 Å². The second kappa shape index (κ2) is 6.88. The van der Waals surface area contributed by atoms with Crippen LogP contribution in [-0.2, 0) is 0 Å². The lowest BCUT2D eigenvalue weighted by molar-refractivity contribution is 0.0697. The van der Waals surface area contributed by atoms with Crippen molar-refractivity contribution in [3.05, 3.63) is 35.9 Å². The molecule has 1 aliphatic heterocycles. The molecule has 2 fully saturated rings. The maximum absolute atomic E-state index is 11.8. The molecule has 0 amide bonds. The summed E-state index contributed by atoms with van der Waals surface area (Å²) in [5, 5.41) is 13.8. The highest BCUT2D eigenvalue weighted by molar-refractivity contribution is 5.99. The molecule has 1 saturated heterocycles. The molecule has 2 aliphatic rings. The Balaban J connectivity index is 1.51. The quantitative estimate of drug-likeness (QED) is 0.902. The number of carboxylic acids is 1. The smallest absolute Gasteiger partial charge is 0.343 e. The number of carboxylic acid groups (broad SMARTS) is 1. The van der Waals surface area contributed by atoms with Crippen LogP contribution >= 0.6 is 0 Å². The summed E-state index contributed by atoms with van der Waals surface area (Å²) >= 11 is 0. The minimum Gasteiger partial charge on any atom is -0.477 e. The molecule has 6 nitrogen and oxygen atoms in total. The zero-order chi connectivity index (χ0) is 17.2. The Labute approximate surface area is 147 Å². The molecule has 2 heterocycles. The van der Waals surface area contributed by atoms with Gasteiger partial charge in [0.15, 0.2) is 17.1 Å².